The maximum Gasteiger partial charge on any atom is 0.245 e. The molecule has 0 radical (unpaired) electrons. The van der Waals surface area contributed by atoms with Gasteiger partial charge in [0.2, 0.25) is 5.91 Å². The third-order valence-electron chi connectivity index (χ3n) is 2.13. The fourth-order valence-corrected chi connectivity index (χ4v) is 3.04. The number of halogens is 2. The minimum absolute atomic E-state index is 0.0176. The van der Waals surface area contributed by atoms with E-state index < -0.39 is 5.38 Å². The van der Waals surface area contributed by atoms with Crippen LogP contribution in [0.3, 0.4) is 0 Å². The molecular formula is C10H13BrClNOS. The predicted molar refractivity (Wildman–Crippen MR) is 68.5 cm³/mol. The zero-order valence-corrected chi connectivity index (χ0v) is 11.8. The first-order valence-corrected chi connectivity index (χ1v) is 6.87. The van der Waals surface area contributed by atoms with Crippen LogP contribution in [0.1, 0.15) is 24.1 Å². The molecule has 0 aliphatic carbocycles. The molecule has 1 amide bonds. The molecule has 84 valence electrons. The molecule has 0 aromatic carbocycles. The quantitative estimate of drug-likeness (QED) is 0.777. The van der Waals surface area contributed by atoms with Crippen molar-refractivity contribution in [2.75, 3.05) is 13.1 Å². The Bertz CT molecular complexity index is 338. The van der Waals surface area contributed by atoms with Crippen LogP contribution in [0.25, 0.3) is 0 Å². The van der Waals surface area contributed by atoms with E-state index in [4.69, 9.17) is 11.6 Å². The second-order valence-electron chi connectivity index (χ2n) is 3.04. The van der Waals surface area contributed by atoms with Crippen LogP contribution in [-0.2, 0) is 4.79 Å². The van der Waals surface area contributed by atoms with E-state index >= 15 is 0 Å². The summed E-state index contributed by atoms with van der Waals surface area (Å²) < 4.78 is 0.973. The Morgan fingerprint density at radius 2 is 2.20 bits per heavy atom. The molecule has 1 aromatic rings. The average Bonchev–Trinajstić information content (AvgIpc) is 2.65. The second kappa shape index (κ2) is 5.87. The second-order valence-corrected chi connectivity index (χ2v) is 5.34. The van der Waals surface area contributed by atoms with E-state index in [1.807, 2.05) is 25.3 Å². The fourth-order valence-electron chi connectivity index (χ4n) is 1.28. The summed E-state index contributed by atoms with van der Waals surface area (Å²) in [4.78, 5) is 14.5. The monoisotopic (exact) mass is 309 g/mol. The van der Waals surface area contributed by atoms with Gasteiger partial charge in [0.1, 0.15) is 5.38 Å². The van der Waals surface area contributed by atoms with Gasteiger partial charge in [-0.3, -0.25) is 4.79 Å². The predicted octanol–water partition coefficient (Wildman–Crippen LogP) is 3.66. The third kappa shape index (κ3) is 3.20. The summed E-state index contributed by atoms with van der Waals surface area (Å²) in [6.45, 7) is 5.31. The molecule has 1 atom stereocenters. The maximum absolute atomic E-state index is 11.9. The number of likely N-dealkylation sites (N-methyl/N-ethyl adjacent to an activating group) is 1. The van der Waals surface area contributed by atoms with Gasteiger partial charge in [-0.2, -0.15) is 0 Å². The zero-order valence-electron chi connectivity index (χ0n) is 8.67. The lowest BCUT2D eigenvalue weighted by atomic mass is 10.3. The molecule has 1 rings (SSSR count). The largest absolute Gasteiger partial charge is 0.342 e. The number of alkyl halides is 1. The average molecular weight is 311 g/mol. The van der Waals surface area contributed by atoms with E-state index in [2.05, 4.69) is 15.9 Å². The molecule has 0 saturated heterocycles. The van der Waals surface area contributed by atoms with Crippen molar-refractivity contribution in [1.82, 2.24) is 4.90 Å². The summed E-state index contributed by atoms with van der Waals surface area (Å²) in [7, 11) is 0. The molecule has 1 heterocycles. The van der Waals surface area contributed by atoms with Gasteiger partial charge in [-0.1, -0.05) is 0 Å². The highest BCUT2D eigenvalue weighted by Crippen LogP contribution is 2.30. The molecule has 1 aromatic heterocycles. The number of rotatable bonds is 4. The number of hydrogen-bond acceptors (Lipinski definition) is 2. The number of carbonyl (C=O) groups is 1. The fraction of sp³-hybridized carbons (Fsp3) is 0.500. The van der Waals surface area contributed by atoms with E-state index in [0.717, 1.165) is 9.35 Å². The summed E-state index contributed by atoms with van der Waals surface area (Å²) in [5.41, 5.74) is 0. The minimum Gasteiger partial charge on any atom is -0.342 e. The van der Waals surface area contributed by atoms with Crippen molar-refractivity contribution in [1.29, 1.82) is 0 Å². The topological polar surface area (TPSA) is 20.3 Å². The lowest BCUT2D eigenvalue weighted by Gasteiger charge is -2.20. The van der Waals surface area contributed by atoms with Gasteiger partial charge in [0.05, 0.1) is 0 Å². The summed E-state index contributed by atoms with van der Waals surface area (Å²) in [6, 6.07) is 1.89. The van der Waals surface area contributed by atoms with Crippen LogP contribution in [0.4, 0.5) is 0 Å². The first-order chi connectivity index (χ1) is 7.10. The molecule has 0 aliphatic rings. The van der Waals surface area contributed by atoms with E-state index in [9.17, 15) is 4.79 Å². The van der Waals surface area contributed by atoms with E-state index in [-0.39, 0.29) is 5.91 Å². The number of amides is 1. The van der Waals surface area contributed by atoms with Crippen LogP contribution in [0, 0.1) is 0 Å². The van der Waals surface area contributed by atoms with E-state index in [0.29, 0.717) is 13.1 Å². The Kier molecular flexibility index (Phi) is 5.09. The highest BCUT2D eigenvalue weighted by Gasteiger charge is 2.23. The highest BCUT2D eigenvalue weighted by atomic mass is 79.9. The number of carbonyl (C=O) groups excluding carboxylic acids is 1. The first kappa shape index (κ1) is 13.0. The van der Waals surface area contributed by atoms with Crippen molar-refractivity contribution in [2.45, 2.75) is 19.2 Å². The smallest absolute Gasteiger partial charge is 0.245 e. The van der Waals surface area contributed by atoms with Gasteiger partial charge in [0.15, 0.2) is 0 Å². The first-order valence-electron chi connectivity index (χ1n) is 4.76. The molecule has 5 heteroatoms. The number of hydrogen-bond donors (Lipinski definition) is 0. The van der Waals surface area contributed by atoms with Crippen molar-refractivity contribution in [3.05, 3.63) is 20.8 Å². The van der Waals surface area contributed by atoms with Crippen LogP contribution < -0.4 is 0 Å². The van der Waals surface area contributed by atoms with Crippen molar-refractivity contribution >= 4 is 44.8 Å². The third-order valence-corrected chi connectivity index (χ3v) is 4.44. The lowest BCUT2D eigenvalue weighted by molar-refractivity contribution is -0.130. The molecule has 0 fully saturated rings. The van der Waals surface area contributed by atoms with Crippen LogP contribution in [0.15, 0.2) is 15.9 Å². The summed E-state index contributed by atoms with van der Waals surface area (Å²) in [6.07, 6.45) is 0. The van der Waals surface area contributed by atoms with Crippen molar-refractivity contribution in [3.63, 3.8) is 0 Å². The van der Waals surface area contributed by atoms with Crippen LogP contribution in [0.5, 0.6) is 0 Å². The van der Waals surface area contributed by atoms with Gasteiger partial charge in [-0.15, -0.1) is 22.9 Å². The summed E-state index contributed by atoms with van der Waals surface area (Å²) in [5, 5.41) is 1.38. The van der Waals surface area contributed by atoms with Gasteiger partial charge < -0.3 is 4.90 Å². The SMILES string of the molecule is CCN(CC)C(=O)C(Cl)c1cc(Br)cs1. The number of thiophene rings is 1. The van der Waals surface area contributed by atoms with Gasteiger partial charge in [0.25, 0.3) is 0 Å². The van der Waals surface area contributed by atoms with Gasteiger partial charge in [-0.05, 0) is 35.8 Å². The standard InChI is InChI=1S/C10H13BrClNOS/c1-3-13(4-2)10(14)9(12)8-5-7(11)6-15-8/h5-6,9H,3-4H2,1-2H3. The molecule has 0 saturated carbocycles. The molecule has 1 unspecified atom stereocenters. The summed E-state index contributed by atoms with van der Waals surface area (Å²) >= 11 is 11.0. The van der Waals surface area contributed by atoms with E-state index in [1.165, 1.54) is 11.3 Å². The van der Waals surface area contributed by atoms with Crippen molar-refractivity contribution < 1.29 is 4.79 Å². The maximum atomic E-state index is 11.9. The Hall–Kier alpha value is -0.0600. The molecule has 2 nitrogen and oxygen atoms in total. The molecular weight excluding hydrogens is 298 g/mol. The van der Waals surface area contributed by atoms with Gasteiger partial charge >= 0.3 is 0 Å². The Morgan fingerprint density at radius 3 is 2.60 bits per heavy atom. The summed E-state index contributed by atoms with van der Waals surface area (Å²) in [5.74, 6) is -0.0176. The molecule has 0 bridgehead atoms. The Morgan fingerprint density at radius 1 is 1.60 bits per heavy atom. The van der Waals surface area contributed by atoms with Crippen molar-refractivity contribution in [3.8, 4) is 0 Å². The molecule has 0 N–H and O–H groups in total. The van der Waals surface area contributed by atoms with Crippen LogP contribution in [-0.4, -0.2) is 23.9 Å². The molecule has 15 heavy (non-hydrogen) atoms. The van der Waals surface area contributed by atoms with E-state index in [1.54, 1.807) is 4.90 Å². The normalized spacial score (nSPS) is 12.5. The zero-order chi connectivity index (χ0) is 11.4. The lowest BCUT2D eigenvalue weighted by Crippen LogP contribution is -2.32. The van der Waals surface area contributed by atoms with Crippen LogP contribution >= 0.6 is 38.9 Å². The van der Waals surface area contributed by atoms with Gasteiger partial charge in [-0.25, -0.2) is 0 Å². The minimum atomic E-state index is -0.554. The Balaban J connectivity index is 2.76. The number of nitrogens with zero attached hydrogens (tertiary/aromatic N) is 1. The van der Waals surface area contributed by atoms with Gasteiger partial charge in [0, 0.05) is 27.8 Å². The Labute approximate surface area is 107 Å². The molecule has 0 aliphatic heterocycles. The van der Waals surface area contributed by atoms with Crippen molar-refractivity contribution in [2.24, 2.45) is 0 Å². The van der Waals surface area contributed by atoms with Crippen LogP contribution in [0.2, 0.25) is 0 Å². The highest BCUT2D eigenvalue weighted by molar-refractivity contribution is 9.10. The molecule has 0 spiro atoms.